The van der Waals surface area contributed by atoms with E-state index < -0.39 is 0 Å². The monoisotopic (exact) mass is 312 g/mol. The molecule has 0 saturated carbocycles. The Labute approximate surface area is 137 Å². The van der Waals surface area contributed by atoms with Crippen LogP contribution < -0.4 is 10.6 Å². The highest BCUT2D eigenvalue weighted by atomic mass is 16.1. The van der Waals surface area contributed by atoms with Crippen LogP contribution in [0.2, 0.25) is 0 Å². The van der Waals surface area contributed by atoms with Crippen molar-refractivity contribution in [2.45, 2.75) is 46.0 Å². The van der Waals surface area contributed by atoms with Crippen LogP contribution >= 0.6 is 0 Å². The highest BCUT2D eigenvalue weighted by molar-refractivity contribution is 5.89. The Bertz CT molecular complexity index is 620. The van der Waals surface area contributed by atoms with Gasteiger partial charge in [0.2, 0.25) is 5.91 Å². The summed E-state index contributed by atoms with van der Waals surface area (Å²) in [5, 5.41) is 14.1. The number of aromatic nitrogens is 2. The van der Waals surface area contributed by atoms with Gasteiger partial charge in [-0.3, -0.25) is 4.79 Å². The van der Waals surface area contributed by atoms with Crippen LogP contribution in [0.4, 0.5) is 17.3 Å². The lowest BCUT2D eigenvalue weighted by molar-refractivity contribution is -0.116. The van der Waals surface area contributed by atoms with Crippen LogP contribution in [0.5, 0.6) is 0 Å². The lowest BCUT2D eigenvalue weighted by Gasteiger charge is -2.09. The van der Waals surface area contributed by atoms with Gasteiger partial charge in [0.15, 0.2) is 11.6 Å². The van der Waals surface area contributed by atoms with Crippen LogP contribution in [-0.2, 0) is 4.79 Å². The Morgan fingerprint density at radius 2 is 1.70 bits per heavy atom. The van der Waals surface area contributed by atoms with Crippen molar-refractivity contribution >= 4 is 23.2 Å². The Kier molecular flexibility index (Phi) is 6.09. The van der Waals surface area contributed by atoms with Gasteiger partial charge in [-0.1, -0.05) is 39.3 Å². The maximum atomic E-state index is 11.6. The summed E-state index contributed by atoms with van der Waals surface area (Å²) >= 11 is 0. The molecule has 2 aromatic rings. The van der Waals surface area contributed by atoms with Gasteiger partial charge in [-0.2, -0.15) is 0 Å². The van der Waals surface area contributed by atoms with E-state index in [1.54, 1.807) is 12.1 Å². The maximum absolute atomic E-state index is 11.6. The maximum Gasteiger partial charge on any atom is 0.225 e. The number of rotatable bonds is 7. The second-order valence-corrected chi connectivity index (χ2v) is 5.86. The molecule has 23 heavy (non-hydrogen) atoms. The predicted molar refractivity (Wildman–Crippen MR) is 94.0 cm³/mol. The molecule has 0 bridgehead atoms. The van der Waals surface area contributed by atoms with Gasteiger partial charge in [0.05, 0.1) is 0 Å². The minimum Gasteiger partial charge on any atom is -0.339 e. The summed E-state index contributed by atoms with van der Waals surface area (Å²) in [7, 11) is 0. The molecule has 0 radical (unpaired) electrons. The van der Waals surface area contributed by atoms with Gasteiger partial charge in [0.25, 0.3) is 0 Å². The van der Waals surface area contributed by atoms with Crippen molar-refractivity contribution < 1.29 is 4.79 Å². The van der Waals surface area contributed by atoms with Crippen LogP contribution in [0.25, 0.3) is 0 Å². The van der Waals surface area contributed by atoms with Crippen molar-refractivity contribution in [2.75, 3.05) is 10.6 Å². The number of anilines is 3. The average molecular weight is 312 g/mol. The number of amides is 1. The molecule has 1 aromatic heterocycles. The molecule has 2 rings (SSSR count). The second-order valence-electron chi connectivity index (χ2n) is 5.86. The first-order chi connectivity index (χ1) is 11.1. The molecule has 122 valence electrons. The highest BCUT2D eigenvalue weighted by Gasteiger charge is 2.04. The van der Waals surface area contributed by atoms with E-state index in [9.17, 15) is 4.79 Å². The lowest BCUT2D eigenvalue weighted by atomic mass is 10.0. The van der Waals surface area contributed by atoms with E-state index >= 15 is 0 Å². The van der Waals surface area contributed by atoms with E-state index in [-0.39, 0.29) is 5.91 Å². The quantitative estimate of drug-likeness (QED) is 0.791. The number of benzene rings is 1. The first-order valence-electron chi connectivity index (χ1n) is 8.09. The zero-order chi connectivity index (χ0) is 16.7. The molecule has 0 atom stereocenters. The first kappa shape index (κ1) is 16.9. The molecule has 1 amide bonds. The third-order valence-electron chi connectivity index (χ3n) is 3.54. The molecular formula is C18H24N4O. The number of nitrogens with zero attached hydrogens (tertiary/aromatic N) is 2. The van der Waals surface area contributed by atoms with Gasteiger partial charge in [0.1, 0.15) is 0 Å². The van der Waals surface area contributed by atoms with E-state index in [0.717, 1.165) is 18.5 Å². The second kappa shape index (κ2) is 8.27. The standard InChI is InChI=1S/C18H24N4O/c1-4-5-6-18(23)20-17-12-11-16(21-22-17)19-15-9-7-14(8-10-15)13(2)3/h7-13H,4-6H2,1-3H3,(H,19,21)(H,20,22,23). The van der Waals surface area contributed by atoms with Crippen molar-refractivity contribution in [2.24, 2.45) is 0 Å². The zero-order valence-corrected chi connectivity index (χ0v) is 14.0. The molecule has 0 aliphatic carbocycles. The first-order valence-corrected chi connectivity index (χ1v) is 8.09. The zero-order valence-electron chi connectivity index (χ0n) is 14.0. The number of unbranched alkanes of at least 4 members (excludes halogenated alkanes) is 1. The molecule has 0 fully saturated rings. The van der Waals surface area contributed by atoms with Crippen molar-refractivity contribution in [1.29, 1.82) is 0 Å². The Hall–Kier alpha value is -2.43. The van der Waals surface area contributed by atoms with Crippen molar-refractivity contribution in [3.63, 3.8) is 0 Å². The number of hydrogen-bond donors (Lipinski definition) is 2. The third kappa shape index (κ3) is 5.36. The van der Waals surface area contributed by atoms with E-state index in [1.807, 2.05) is 12.1 Å². The molecule has 0 saturated heterocycles. The molecule has 5 nitrogen and oxygen atoms in total. The summed E-state index contributed by atoms with van der Waals surface area (Å²) < 4.78 is 0. The van der Waals surface area contributed by atoms with Gasteiger partial charge in [-0.15, -0.1) is 10.2 Å². The van der Waals surface area contributed by atoms with Gasteiger partial charge in [-0.25, -0.2) is 0 Å². The molecule has 0 unspecified atom stereocenters. The van der Waals surface area contributed by atoms with Crippen molar-refractivity contribution in [3.8, 4) is 0 Å². The van der Waals surface area contributed by atoms with E-state index in [0.29, 0.717) is 24.0 Å². The van der Waals surface area contributed by atoms with Gasteiger partial charge in [-0.05, 0) is 42.2 Å². The van der Waals surface area contributed by atoms with Crippen LogP contribution in [0.1, 0.15) is 51.5 Å². The normalized spacial score (nSPS) is 10.6. The summed E-state index contributed by atoms with van der Waals surface area (Å²) in [5.74, 6) is 1.62. The summed E-state index contributed by atoms with van der Waals surface area (Å²) in [6.07, 6.45) is 2.39. The van der Waals surface area contributed by atoms with Gasteiger partial charge >= 0.3 is 0 Å². The fraction of sp³-hybridized carbons (Fsp3) is 0.389. The highest BCUT2D eigenvalue weighted by Crippen LogP contribution is 2.19. The smallest absolute Gasteiger partial charge is 0.225 e. The number of nitrogens with one attached hydrogen (secondary N) is 2. The summed E-state index contributed by atoms with van der Waals surface area (Å²) in [4.78, 5) is 11.6. The number of carbonyl (C=O) groups is 1. The number of carbonyl (C=O) groups excluding carboxylic acids is 1. The Morgan fingerprint density at radius 1 is 1.04 bits per heavy atom. The Balaban J connectivity index is 1.93. The van der Waals surface area contributed by atoms with Crippen LogP contribution in [-0.4, -0.2) is 16.1 Å². The van der Waals surface area contributed by atoms with E-state index in [4.69, 9.17) is 0 Å². The van der Waals surface area contributed by atoms with Gasteiger partial charge in [0, 0.05) is 12.1 Å². The molecule has 0 spiro atoms. The van der Waals surface area contributed by atoms with E-state index in [2.05, 4.69) is 53.7 Å². The van der Waals surface area contributed by atoms with Crippen LogP contribution in [0.3, 0.4) is 0 Å². The minimum atomic E-state index is -0.0221. The summed E-state index contributed by atoms with van der Waals surface area (Å²) in [5.41, 5.74) is 2.26. The summed E-state index contributed by atoms with van der Waals surface area (Å²) in [6, 6.07) is 11.8. The average Bonchev–Trinajstić information content (AvgIpc) is 2.55. The SMILES string of the molecule is CCCCC(=O)Nc1ccc(Nc2ccc(C(C)C)cc2)nn1. The Morgan fingerprint density at radius 3 is 2.26 bits per heavy atom. The van der Waals surface area contributed by atoms with Crippen molar-refractivity contribution in [3.05, 3.63) is 42.0 Å². The fourth-order valence-electron chi connectivity index (χ4n) is 2.11. The largest absolute Gasteiger partial charge is 0.339 e. The summed E-state index contributed by atoms with van der Waals surface area (Å²) in [6.45, 7) is 6.39. The molecule has 1 heterocycles. The fourth-order valence-corrected chi connectivity index (χ4v) is 2.11. The number of hydrogen-bond acceptors (Lipinski definition) is 4. The molecule has 2 N–H and O–H groups in total. The van der Waals surface area contributed by atoms with E-state index in [1.165, 1.54) is 5.56 Å². The topological polar surface area (TPSA) is 66.9 Å². The lowest BCUT2D eigenvalue weighted by Crippen LogP contribution is -2.12. The molecular weight excluding hydrogens is 288 g/mol. The molecule has 5 heteroatoms. The molecule has 1 aromatic carbocycles. The molecule has 0 aliphatic heterocycles. The van der Waals surface area contributed by atoms with Gasteiger partial charge < -0.3 is 10.6 Å². The van der Waals surface area contributed by atoms with Crippen LogP contribution in [0.15, 0.2) is 36.4 Å². The third-order valence-corrected chi connectivity index (χ3v) is 3.54. The molecule has 0 aliphatic rings. The van der Waals surface area contributed by atoms with Crippen LogP contribution in [0, 0.1) is 0 Å². The predicted octanol–water partition coefficient (Wildman–Crippen LogP) is 4.47. The minimum absolute atomic E-state index is 0.0221. The van der Waals surface area contributed by atoms with Crippen molar-refractivity contribution in [1.82, 2.24) is 10.2 Å².